The molecule has 1 fully saturated rings. The second-order valence-electron chi connectivity index (χ2n) is 5.17. The van der Waals surface area contributed by atoms with Gasteiger partial charge in [0.1, 0.15) is 0 Å². The zero-order chi connectivity index (χ0) is 14.0. The van der Waals surface area contributed by atoms with E-state index in [9.17, 15) is 4.79 Å². The Balaban J connectivity index is 1.45. The highest BCUT2D eigenvalue weighted by atomic mass is 32.1. The van der Waals surface area contributed by atoms with Gasteiger partial charge in [-0.15, -0.1) is 11.3 Å². The molecule has 5 heteroatoms. The molecule has 0 spiro atoms. The minimum atomic E-state index is -0.101. The van der Waals surface area contributed by atoms with Crippen LogP contribution in [-0.2, 0) is 11.3 Å². The van der Waals surface area contributed by atoms with Gasteiger partial charge in [-0.2, -0.15) is 0 Å². The van der Waals surface area contributed by atoms with Gasteiger partial charge >= 0.3 is 6.03 Å². The van der Waals surface area contributed by atoms with Gasteiger partial charge in [0, 0.05) is 18.0 Å². The quantitative estimate of drug-likeness (QED) is 0.759. The van der Waals surface area contributed by atoms with Crippen LogP contribution in [0.3, 0.4) is 0 Å². The summed E-state index contributed by atoms with van der Waals surface area (Å²) in [6.45, 7) is 2.01. The average Bonchev–Trinajstić information content (AvgIpc) is 2.99. The molecule has 0 aromatic carbocycles. The van der Waals surface area contributed by atoms with Crippen LogP contribution in [0, 0.1) is 0 Å². The Hall–Kier alpha value is -1.07. The van der Waals surface area contributed by atoms with Gasteiger partial charge in [0.25, 0.3) is 0 Å². The predicted molar refractivity (Wildman–Crippen MR) is 82.0 cm³/mol. The van der Waals surface area contributed by atoms with Gasteiger partial charge in [-0.3, -0.25) is 0 Å². The van der Waals surface area contributed by atoms with Gasteiger partial charge in [-0.1, -0.05) is 25.3 Å². The van der Waals surface area contributed by atoms with Gasteiger partial charge < -0.3 is 15.4 Å². The first-order valence-electron chi connectivity index (χ1n) is 7.50. The molecular formula is C15H24N2O2S. The highest BCUT2D eigenvalue weighted by molar-refractivity contribution is 7.09. The summed E-state index contributed by atoms with van der Waals surface area (Å²) in [5.74, 6) is 0. The van der Waals surface area contributed by atoms with Crippen molar-refractivity contribution in [2.75, 3.05) is 13.2 Å². The summed E-state index contributed by atoms with van der Waals surface area (Å²) in [7, 11) is 0. The molecule has 0 saturated heterocycles. The van der Waals surface area contributed by atoms with Gasteiger partial charge in [-0.25, -0.2) is 4.79 Å². The number of nitrogens with one attached hydrogen (secondary N) is 2. The number of rotatable bonds is 7. The smallest absolute Gasteiger partial charge is 0.315 e. The predicted octanol–water partition coefficient (Wildman–Crippen LogP) is 3.29. The zero-order valence-electron chi connectivity index (χ0n) is 11.9. The second kappa shape index (κ2) is 8.97. The summed E-state index contributed by atoms with van der Waals surface area (Å²) in [6.07, 6.45) is 7.69. The van der Waals surface area contributed by atoms with Crippen LogP contribution < -0.4 is 10.6 Å². The number of hydrogen-bond acceptors (Lipinski definition) is 3. The Labute approximate surface area is 124 Å². The van der Waals surface area contributed by atoms with Crippen LogP contribution in [0.15, 0.2) is 17.5 Å². The fourth-order valence-corrected chi connectivity index (χ4v) is 3.04. The highest BCUT2D eigenvalue weighted by Crippen LogP contribution is 2.20. The van der Waals surface area contributed by atoms with Crippen LogP contribution in [0.25, 0.3) is 0 Å². The maximum atomic E-state index is 11.5. The van der Waals surface area contributed by atoms with Crippen molar-refractivity contribution in [2.24, 2.45) is 0 Å². The van der Waals surface area contributed by atoms with Crippen LogP contribution in [0.1, 0.15) is 43.4 Å². The highest BCUT2D eigenvalue weighted by Gasteiger charge is 2.12. The maximum absolute atomic E-state index is 11.5. The molecule has 1 aliphatic carbocycles. The van der Waals surface area contributed by atoms with Crippen molar-refractivity contribution < 1.29 is 9.53 Å². The maximum Gasteiger partial charge on any atom is 0.315 e. The standard InChI is InChI=1S/C15H24N2O2S/c18-15(17-12-14-8-4-11-20-14)16-9-5-10-19-13-6-2-1-3-7-13/h4,8,11,13H,1-3,5-7,9-10,12H2,(H2,16,17,18). The molecule has 1 heterocycles. The van der Waals surface area contributed by atoms with Crippen LogP contribution in [0.2, 0.25) is 0 Å². The Morgan fingerprint density at radius 2 is 2.15 bits per heavy atom. The van der Waals surface area contributed by atoms with E-state index in [0.29, 0.717) is 19.2 Å². The van der Waals surface area contributed by atoms with E-state index in [1.165, 1.54) is 37.0 Å². The van der Waals surface area contributed by atoms with Crippen molar-refractivity contribution in [3.05, 3.63) is 22.4 Å². The fourth-order valence-electron chi connectivity index (χ4n) is 2.40. The molecule has 0 bridgehead atoms. The summed E-state index contributed by atoms with van der Waals surface area (Å²) in [4.78, 5) is 12.7. The molecule has 0 radical (unpaired) electrons. The van der Waals surface area contributed by atoms with Crippen LogP contribution in [0.4, 0.5) is 4.79 Å². The molecule has 0 aliphatic heterocycles. The average molecular weight is 296 g/mol. The van der Waals surface area contributed by atoms with Gasteiger partial charge in [-0.05, 0) is 30.7 Å². The van der Waals surface area contributed by atoms with E-state index in [0.717, 1.165) is 13.0 Å². The van der Waals surface area contributed by atoms with E-state index in [4.69, 9.17) is 4.74 Å². The van der Waals surface area contributed by atoms with Crippen molar-refractivity contribution in [1.82, 2.24) is 10.6 Å². The van der Waals surface area contributed by atoms with Crippen molar-refractivity contribution >= 4 is 17.4 Å². The second-order valence-corrected chi connectivity index (χ2v) is 6.21. The van der Waals surface area contributed by atoms with Crippen molar-refractivity contribution in [3.8, 4) is 0 Å². The van der Waals surface area contributed by atoms with E-state index in [1.54, 1.807) is 11.3 Å². The van der Waals surface area contributed by atoms with Gasteiger partial charge in [0.2, 0.25) is 0 Å². The van der Waals surface area contributed by atoms with Gasteiger partial charge in [0.15, 0.2) is 0 Å². The number of carbonyl (C=O) groups excluding carboxylic acids is 1. The summed E-state index contributed by atoms with van der Waals surface area (Å²) < 4.78 is 5.81. The monoisotopic (exact) mass is 296 g/mol. The number of hydrogen-bond donors (Lipinski definition) is 2. The third-order valence-corrected chi connectivity index (χ3v) is 4.39. The molecule has 1 aromatic heterocycles. The summed E-state index contributed by atoms with van der Waals surface area (Å²) in [6, 6.07) is 3.90. The molecule has 4 nitrogen and oxygen atoms in total. The number of thiophene rings is 1. The van der Waals surface area contributed by atoms with E-state index in [1.807, 2.05) is 17.5 Å². The lowest BCUT2D eigenvalue weighted by atomic mass is 9.98. The molecule has 2 N–H and O–H groups in total. The van der Waals surface area contributed by atoms with Crippen molar-refractivity contribution in [3.63, 3.8) is 0 Å². The molecular weight excluding hydrogens is 272 g/mol. The largest absolute Gasteiger partial charge is 0.378 e. The molecule has 1 saturated carbocycles. The molecule has 0 unspecified atom stereocenters. The number of urea groups is 1. The lowest BCUT2D eigenvalue weighted by molar-refractivity contribution is 0.0275. The molecule has 1 aromatic rings. The third-order valence-electron chi connectivity index (χ3n) is 3.52. The Kier molecular flexibility index (Phi) is 6.88. The first-order chi connectivity index (χ1) is 9.84. The number of ether oxygens (including phenoxy) is 1. The number of amides is 2. The molecule has 2 rings (SSSR count). The Morgan fingerprint density at radius 1 is 1.30 bits per heavy atom. The molecule has 112 valence electrons. The zero-order valence-corrected chi connectivity index (χ0v) is 12.7. The van der Waals surface area contributed by atoms with E-state index in [2.05, 4.69) is 10.6 Å². The summed E-state index contributed by atoms with van der Waals surface area (Å²) >= 11 is 1.65. The van der Waals surface area contributed by atoms with E-state index >= 15 is 0 Å². The van der Waals surface area contributed by atoms with Gasteiger partial charge in [0.05, 0.1) is 12.6 Å². The van der Waals surface area contributed by atoms with E-state index < -0.39 is 0 Å². The minimum Gasteiger partial charge on any atom is -0.378 e. The lowest BCUT2D eigenvalue weighted by Crippen LogP contribution is -2.35. The van der Waals surface area contributed by atoms with Crippen LogP contribution >= 0.6 is 11.3 Å². The molecule has 20 heavy (non-hydrogen) atoms. The van der Waals surface area contributed by atoms with E-state index in [-0.39, 0.29) is 6.03 Å². The SMILES string of the molecule is O=C(NCCCOC1CCCCC1)NCc1cccs1. The molecule has 0 atom stereocenters. The Bertz CT molecular complexity index is 375. The fraction of sp³-hybridized carbons (Fsp3) is 0.667. The summed E-state index contributed by atoms with van der Waals surface area (Å²) in [5.41, 5.74) is 0. The van der Waals surface area contributed by atoms with Crippen LogP contribution in [0.5, 0.6) is 0 Å². The first kappa shape index (κ1) is 15.3. The molecule has 2 amide bonds. The normalized spacial score (nSPS) is 16.0. The molecule has 1 aliphatic rings. The Morgan fingerprint density at radius 3 is 2.90 bits per heavy atom. The third kappa shape index (κ3) is 5.92. The lowest BCUT2D eigenvalue weighted by Gasteiger charge is -2.21. The topological polar surface area (TPSA) is 50.4 Å². The van der Waals surface area contributed by atoms with Crippen molar-refractivity contribution in [1.29, 1.82) is 0 Å². The first-order valence-corrected chi connectivity index (χ1v) is 8.38. The summed E-state index contributed by atoms with van der Waals surface area (Å²) in [5, 5.41) is 7.71. The number of carbonyl (C=O) groups is 1. The van der Waals surface area contributed by atoms with Crippen LogP contribution in [-0.4, -0.2) is 25.3 Å². The minimum absolute atomic E-state index is 0.101. The van der Waals surface area contributed by atoms with Crippen molar-refractivity contribution in [2.45, 2.75) is 51.2 Å².